The molecule has 4 aromatic rings. The van der Waals surface area contributed by atoms with Crippen LogP contribution in [0.3, 0.4) is 0 Å². The van der Waals surface area contributed by atoms with Crippen molar-refractivity contribution in [3.63, 3.8) is 0 Å². The number of thioether (sulfide) groups is 1. The molecule has 1 aromatic carbocycles. The molecular formula is C24H24N4O3S2. The minimum atomic E-state index is -0.137. The molecule has 33 heavy (non-hydrogen) atoms. The van der Waals surface area contributed by atoms with Gasteiger partial charge in [0.05, 0.1) is 23.9 Å². The second-order valence-corrected chi connectivity index (χ2v) is 10.2. The molecule has 0 aliphatic carbocycles. The summed E-state index contributed by atoms with van der Waals surface area (Å²) in [6, 6.07) is 9.69. The van der Waals surface area contributed by atoms with Crippen molar-refractivity contribution in [1.29, 1.82) is 0 Å². The normalized spacial score (nSPS) is 16.0. The quantitative estimate of drug-likeness (QED) is 0.322. The third-order valence-corrected chi connectivity index (χ3v) is 7.78. The zero-order valence-electron chi connectivity index (χ0n) is 18.5. The van der Waals surface area contributed by atoms with Crippen LogP contribution in [0.2, 0.25) is 0 Å². The molecule has 1 atom stereocenters. The lowest BCUT2D eigenvalue weighted by molar-refractivity contribution is -0.113. The zero-order chi connectivity index (χ0) is 22.9. The fourth-order valence-electron chi connectivity index (χ4n) is 4.07. The molecule has 1 aliphatic heterocycles. The number of amides is 1. The number of nitrogens with zero attached hydrogens (tertiary/aromatic N) is 3. The van der Waals surface area contributed by atoms with E-state index in [1.807, 2.05) is 44.2 Å². The maximum absolute atomic E-state index is 13.5. The molecular weight excluding hydrogens is 456 g/mol. The molecule has 1 fully saturated rings. The van der Waals surface area contributed by atoms with E-state index in [-0.39, 0.29) is 23.3 Å². The number of carbonyl (C=O) groups excluding carboxylic acids is 1. The Morgan fingerprint density at radius 1 is 1.33 bits per heavy atom. The molecule has 5 rings (SSSR count). The standard InChI is InChI=1S/C24H24N4O3S2/c1-14-7-8-18(15(2)11-14)26-19(29)13-32-24-27-20-17-6-3-9-25-22(17)33-21(20)23(30)28(24)12-16-5-4-10-31-16/h3,6-9,11,16H,4-5,10,12-13H2,1-2H3,(H,26,29)/t16-/m1/s1. The molecule has 1 N–H and O–H groups in total. The number of pyridine rings is 1. The van der Waals surface area contributed by atoms with E-state index in [1.54, 1.807) is 10.8 Å². The number of carbonyl (C=O) groups is 1. The van der Waals surface area contributed by atoms with Crippen molar-refractivity contribution < 1.29 is 9.53 Å². The van der Waals surface area contributed by atoms with Crippen molar-refractivity contribution in [2.75, 3.05) is 17.7 Å². The Bertz CT molecular complexity index is 1410. The second kappa shape index (κ2) is 9.24. The first-order valence-corrected chi connectivity index (χ1v) is 12.7. The van der Waals surface area contributed by atoms with Crippen molar-refractivity contribution in [3.05, 3.63) is 58.0 Å². The van der Waals surface area contributed by atoms with Gasteiger partial charge in [-0.05, 0) is 50.5 Å². The Labute approximate surface area is 199 Å². The third kappa shape index (κ3) is 4.53. The van der Waals surface area contributed by atoms with Crippen LogP contribution in [0.5, 0.6) is 0 Å². The van der Waals surface area contributed by atoms with Crippen molar-refractivity contribution >= 4 is 55.1 Å². The Balaban J connectivity index is 1.46. The first-order valence-electron chi connectivity index (χ1n) is 10.9. The Morgan fingerprint density at radius 2 is 2.21 bits per heavy atom. The number of hydrogen-bond donors (Lipinski definition) is 1. The highest BCUT2D eigenvalue weighted by Gasteiger charge is 2.22. The van der Waals surface area contributed by atoms with Gasteiger partial charge in [0.2, 0.25) is 5.91 Å². The van der Waals surface area contributed by atoms with Crippen LogP contribution in [0, 0.1) is 13.8 Å². The number of aromatic nitrogens is 3. The predicted molar refractivity (Wildman–Crippen MR) is 133 cm³/mol. The summed E-state index contributed by atoms with van der Waals surface area (Å²) in [5, 5.41) is 4.36. The van der Waals surface area contributed by atoms with Crippen LogP contribution in [0.15, 0.2) is 46.5 Å². The number of thiophene rings is 1. The van der Waals surface area contributed by atoms with Gasteiger partial charge in [0, 0.05) is 23.9 Å². The van der Waals surface area contributed by atoms with Gasteiger partial charge < -0.3 is 10.1 Å². The summed E-state index contributed by atoms with van der Waals surface area (Å²) in [5.74, 6) is 0.0127. The summed E-state index contributed by atoms with van der Waals surface area (Å²) in [4.78, 5) is 36.2. The summed E-state index contributed by atoms with van der Waals surface area (Å²) in [5.41, 5.74) is 3.50. The highest BCUT2D eigenvalue weighted by atomic mass is 32.2. The highest BCUT2D eigenvalue weighted by Crippen LogP contribution is 2.31. The summed E-state index contributed by atoms with van der Waals surface area (Å²) >= 11 is 2.64. The van der Waals surface area contributed by atoms with Gasteiger partial charge in [-0.1, -0.05) is 29.5 Å². The average molecular weight is 481 g/mol. The molecule has 0 bridgehead atoms. The molecule has 1 saturated heterocycles. The predicted octanol–water partition coefficient (Wildman–Crippen LogP) is 4.53. The van der Waals surface area contributed by atoms with E-state index in [0.717, 1.165) is 39.9 Å². The molecule has 1 amide bonds. The molecule has 3 aromatic heterocycles. The summed E-state index contributed by atoms with van der Waals surface area (Å²) in [6.07, 6.45) is 3.60. The Morgan fingerprint density at radius 3 is 3.00 bits per heavy atom. The van der Waals surface area contributed by atoms with E-state index >= 15 is 0 Å². The van der Waals surface area contributed by atoms with Crippen molar-refractivity contribution in [2.45, 2.75) is 44.5 Å². The van der Waals surface area contributed by atoms with Gasteiger partial charge >= 0.3 is 0 Å². The number of anilines is 1. The monoisotopic (exact) mass is 480 g/mol. The van der Waals surface area contributed by atoms with Crippen LogP contribution in [0.1, 0.15) is 24.0 Å². The first-order chi connectivity index (χ1) is 16.0. The van der Waals surface area contributed by atoms with Crippen molar-refractivity contribution in [2.24, 2.45) is 0 Å². The average Bonchev–Trinajstić information content (AvgIpc) is 3.44. The smallest absolute Gasteiger partial charge is 0.272 e. The second-order valence-electron chi connectivity index (χ2n) is 8.24. The van der Waals surface area contributed by atoms with Gasteiger partial charge in [-0.25, -0.2) is 9.97 Å². The van der Waals surface area contributed by atoms with Crippen LogP contribution in [0.4, 0.5) is 5.69 Å². The van der Waals surface area contributed by atoms with E-state index in [0.29, 0.717) is 28.5 Å². The van der Waals surface area contributed by atoms with Crippen LogP contribution < -0.4 is 10.9 Å². The molecule has 0 spiro atoms. The minimum absolute atomic E-state index is 0.0159. The molecule has 9 heteroatoms. The maximum atomic E-state index is 13.5. The number of benzene rings is 1. The van der Waals surface area contributed by atoms with E-state index < -0.39 is 0 Å². The fourth-order valence-corrected chi connectivity index (χ4v) is 5.91. The lowest BCUT2D eigenvalue weighted by Crippen LogP contribution is -2.28. The van der Waals surface area contributed by atoms with Crippen molar-refractivity contribution in [1.82, 2.24) is 14.5 Å². The van der Waals surface area contributed by atoms with Crippen LogP contribution in [0.25, 0.3) is 20.4 Å². The summed E-state index contributed by atoms with van der Waals surface area (Å²) in [7, 11) is 0. The SMILES string of the molecule is Cc1ccc(NC(=O)CSc2nc3c(sc4ncccc43)c(=O)n2C[C@H]2CCCO2)c(C)c1. The maximum Gasteiger partial charge on any atom is 0.272 e. The van der Waals surface area contributed by atoms with E-state index in [2.05, 4.69) is 10.3 Å². The molecule has 0 saturated carbocycles. The molecule has 170 valence electrons. The van der Waals surface area contributed by atoms with Gasteiger partial charge in [0.15, 0.2) is 5.16 Å². The fraction of sp³-hybridized carbons (Fsp3) is 0.333. The molecule has 1 aliphatic rings. The molecule has 0 radical (unpaired) electrons. The number of nitrogens with one attached hydrogen (secondary N) is 1. The minimum Gasteiger partial charge on any atom is -0.376 e. The lowest BCUT2D eigenvalue weighted by Gasteiger charge is -2.16. The van der Waals surface area contributed by atoms with Gasteiger partial charge in [-0.3, -0.25) is 14.2 Å². The zero-order valence-corrected chi connectivity index (χ0v) is 20.1. The molecule has 0 unspecified atom stereocenters. The number of aryl methyl sites for hydroxylation is 2. The number of ether oxygens (including phenoxy) is 1. The summed E-state index contributed by atoms with van der Waals surface area (Å²) in [6.45, 7) is 5.14. The lowest BCUT2D eigenvalue weighted by atomic mass is 10.1. The van der Waals surface area contributed by atoms with Crippen LogP contribution in [-0.4, -0.2) is 38.9 Å². The number of rotatable bonds is 6. The van der Waals surface area contributed by atoms with Gasteiger partial charge in [-0.2, -0.15) is 0 Å². The molecule has 7 nitrogen and oxygen atoms in total. The molecule has 4 heterocycles. The summed E-state index contributed by atoms with van der Waals surface area (Å²) < 4.78 is 8.04. The highest BCUT2D eigenvalue weighted by molar-refractivity contribution is 7.99. The van der Waals surface area contributed by atoms with E-state index in [4.69, 9.17) is 9.72 Å². The topological polar surface area (TPSA) is 86.1 Å². The van der Waals surface area contributed by atoms with Gasteiger partial charge in [0.25, 0.3) is 5.56 Å². The number of hydrogen-bond acceptors (Lipinski definition) is 7. The van der Waals surface area contributed by atoms with Gasteiger partial charge in [-0.15, -0.1) is 11.3 Å². The largest absolute Gasteiger partial charge is 0.376 e. The first kappa shape index (κ1) is 22.1. The van der Waals surface area contributed by atoms with Crippen LogP contribution in [-0.2, 0) is 16.1 Å². The van der Waals surface area contributed by atoms with E-state index in [9.17, 15) is 9.59 Å². The third-order valence-electron chi connectivity index (χ3n) is 5.72. The van der Waals surface area contributed by atoms with E-state index in [1.165, 1.54) is 23.1 Å². The van der Waals surface area contributed by atoms with Crippen molar-refractivity contribution in [3.8, 4) is 0 Å². The Kier molecular flexibility index (Phi) is 6.18. The number of fused-ring (bicyclic) bond motifs is 3. The van der Waals surface area contributed by atoms with Gasteiger partial charge in [0.1, 0.15) is 9.53 Å². The van der Waals surface area contributed by atoms with Crippen LogP contribution >= 0.6 is 23.1 Å². The Hall–Kier alpha value is -2.75.